The fourth-order valence-electron chi connectivity index (χ4n) is 0.891. The molecule has 0 aliphatic carbocycles. The fourth-order valence-corrected chi connectivity index (χ4v) is 0.891. The molecule has 0 bridgehead atoms. The van der Waals surface area contributed by atoms with Gasteiger partial charge in [-0.05, 0) is 31.4 Å². The van der Waals surface area contributed by atoms with E-state index in [2.05, 4.69) is 32.0 Å². The Bertz CT molecular complexity index is 189. The molecule has 0 N–H and O–H groups in total. The zero-order valence-corrected chi connectivity index (χ0v) is 5.72. The highest BCUT2D eigenvalue weighted by Crippen LogP contribution is 2.05. The number of hydrogen-bond donors (Lipinski definition) is 0. The van der Waals surface area contributed by atoms with Crippen molar-refractivity contribution in [2.45, 2.75) is 13.3 Å². The van der Waals surface area contributed by atoms with Gasteiger partial charge in [0.25, 0.3) is 0 Å². The van der Waals surface area contributed by atoms with Crippen LogP contribution in [0, 0.1) is 13.8 Å². The van der Waals surface area contributed by atoms with Crippen molar-refractivity contribution in [2.75, 3.05) is 0 Å². The Morgan fingerprint density at radius 1 is 1.33 bits per heavy atom. The first-order valence-electron chi connectivity index (χ1n) is 3.18. The minimum absolute atomic E-state index is 0.896. The average molecular weight is 119 g/mol. The summed E-state index contributed by atoms with van der Waals surface area (Å²) in [5, 5.41) is 0. The lowest BCUT2D eigenvalue weighted by molar-refractivity contribution is 1.21. The Labute approximate surface area is 56.5 Å². The van der Waals surface area contributed by atoms with Crippen LogP contribution in [0.5, 0.6) is 0 Å². The van der Waals surface area contributed by atoms with E-state index in [1.54, 1.807) is 0 Å². The highest BCUT2D eigenvalue weighted by molar-refractivity contribution is 5.25. The molecule has 0 aliphatic heterocycles. The van der Waals surface area contributed by atoms with E-state index in [-0.39, 0.29) is 0 Å². The predicted octanol–water partition coefficient (Wildman–Crippen LogP) is 2.37. The van der Waals surface area contributed by atoms with Gasteiger partial charge in [0.15, 0.2) is 0 Å². The van der Waals surface area contributed by atoms with E-state index in [4.69, 9.17) is 0 Å². The summed E-state index contributed by atoms with van der Waals surface area (Å²) < 4.78 is 0. The Morgan fingerprint density at radius 3 is 2.44 bits per heavy atom. The van der Waals surface area contributed by atoms with Crippen LogP contribution in [-0.4, -0.2) is 0 Å². The van der Waals surface area contributed by atoms with Crippen LogP contribution in [0.1, 0.15) is 11.1 Å². The molecule has 47 valence electrons. The molecule has 0 atom stereocenters. The Morgan fingerprint density at radius 2 is 2.00 bits per heavy atom. The monoisotopic (exact) mass is 119 g/mol. The average Bonchev–Trinajstić information content (AvgIpc) is 1.89. The summed E-state index contributed by atoms with van der Waals surface area (Å²) in [7, 11) is 0. The maximum atomic E-state index is 3.82. The van der Waals surface area contributed by atoms with Gasteiger partial charge in [0, 0.05) is 0 Å². The molecule has 0 unspecified atom stereocenters. The Balaban J connectivity index is 3.01. The molecule has 0 heteroatoms. The van der Waals surface area contributed by atoms with Crippen LogP contribution in [0.3, 0.4) is 0 Å². The van der Waals surface area contributed by atoms with E-state index in [1.165, 1.54) is 11.1 Å². The second kappa shape index (κ2) is 2.67. The lowest BCUT2D eigenvalue weighted by atomic mass is 10.1. The maximum absolute atomic E-state index is 3.82. The highest BCUT2D eigenvalue weighted by Gasteiger charge is 1.89. The largest absolute Gasteiger partial charge is 0.0620 e. The predicted molar refractivity (Wildman–Crippen MR) is 40.2 cm³/mol. The van der Waals surface area contributed by atoms with Gasteiger partial charge >= 0.3 is 0 Å². The molecule has 0 aromatic heterocycles. The molecule has 1 aromatic rings. The summed E-state index contributed by atoms with van der Waals surface area (Å²) in [5.74, 6) is 0. The third-order valence-corrected chi connectivity index (χ3v) is 1.53. The lowest BCUT2D eigenvalue weighted by Crippen LogP contribution is -1.82. The van der Waals surface area contributed by atoms with Gasteiger partial charge in [-0.3, -0.25) is 0 Å². The Hall–Kier alpha value is -0.780. The zero-order valence-electron chi connectivity index (χ0n) is 5.72. The molecule has 1 rings (SSSR count). The molecule has 9 heavy (non-hydrogen) atoms. The second-order valence-electron chi connectivity index (χ2n) is 2.18. The molecule has 0 amide bonds. The van der Waals surface area contributed by atoms with Gasteiger partial charge in [0.05, 0.1) is 0 Å². The molecule has 0 saturated heterocycles. The van der Waals surface area contributed by atoms with Crippen LogP contribution < -0.4 is 0 Å². The van der Waals surface area contributed by atoms with Crippen LogP contribution in [-0.2, 0) is 6.42 Å². The van der Waals surface area contributed by atoms with Gasteiger partial charge in [0.1, 0.15) is 0 Å². The summed E-state index contributed by atoms with van der Waals surface area (Å²) in [6, 6.07) is 8.32. The van der Waals surface area contributed by atoms with Crippen molar-refractivity contribution in [2.24, 2.45) is 0 Å². The van der Waals surface area contributed by atoms with E-state index < -0.39 is 0 Å². The quantitative estimate of drug-likeness (QED) is 0.532. The molecule has 0 saturated carbocycles. The molecular weight excluding hydrogens is 108 g/mol. The van der Waals surface area contributed by atoms with Crippen LogP contribution in [0.25, 0.3) is 0 Å². The third-order valence-electron chi connectivity index (χ3n) is 1.53. The van der Waals surface area contributed by atoms with Crippen molar-refractivity contribution in [3.8, 4) is 0 Å². The zero-order chi connectivity index (χ0) is 6.69. The van der Waals surface area contributed by atoms with Gasteiger partial charge in [-0.2, -0.15) is 0 Å². The molecule has 0 spiro atoms. The van der Waals surface area contributed by atoms with Crippen molar-refractivity contribution in [1.29, 1.82) is 0 Å². The number of aryl methyl sites for hydroxylation is 1. The maximum Gasteiger partial charge on any atom is -0.0276 e. The van der Waals surface area contributed by atoms with Crippen LogP contribution >= 0.6 is 0 Å². The van der Waals surface area contributed by atoms with E-state index in [1.807, 2.05) is 6.07 Å². The fraction of sp³-hybridized carbons (Fsp3) is 0.222. The van der Waals surface area contributed by atoms with Crippen molar-refractivity contribution in [1.82, 2.24) is 0 Å². The number of hydrogen-bond acceptors (Lipinski definition) is 0. The standard InChI is InChI=1S/C9H11/c1-3-9-7-5-4-6-8(9)2/h4-7H,1,3H2,2H3. The molecule has 0 heterocycles. The SMILES string of the molecule is [CH2]Cc1ccccc1C. The first-order chi connectivity index (χ1) is 4.34. The molecule has 1 aromatic carbocycles. The van der Waals surface area contributed by atoms with Crippen molar-refractivity contribution in [3.05, 3.63) is 42.3 Å². The van der Waals surface area contributed by atoms with Crippen molar-refractivity contribution in [3.63, 3.8) is 0 Å². The number of benzene rings is 1. The molecule has 0 aliphatic rings. The minimum Gasteiger partial charge on any atom is -0.0620 e. The van der Waals surface area contributed by atoms with E-state index >= 15 is 0 Å². The molecular formula is C9H11. The Kier molecular flexibility index (Phi) is 1.88. The molecule has 0 fully saturated rings. The molecule has 1 radical (unpaired) electrons. The summed E-state index contributed by atoms with van der Waals surface area (Å²) >= 11 is 0. The summed E-state index contributed by atoms with van der Waals surface area (Å²) in [5.41, 5.74) is 2.69. The van der Waals surface area contributed by atoms with Crippen LogP contribution in [0.15, 0.2) is 24.3 Å². The summed E-state index contributed by atoms with van der Waals surface area (Å²) in [6.07, 6.45) is 0.896. The van der Waals surface area contributed by atoms with Crippen LogP contribution in [0.2, 0.25) is 0 Å². The van der Waals surface area contributed by atoms with Crippen molar-refractivity contribution < 1.29 is 0 Å². The van der Waals surface area contributed by atoms with Crippen molar-refractivity contribution >= 4 is 0 Å². The summed E-state index contributed by atoms with van der Waals surface area (Å²) in [4.78, 5) is 0. The lowest BCUT2D eigenvalue weighted by Gasteiger charge is -1.98. The highest BCUT2D eigenvalue weighted by atomic mass is 13.9. The first-order valence-corrected chi connectivity index (χ1v) is 3.18. The van der Waals surface area contributed by atoms with Gasteiger partial charge in [-0.25, -0.2) is 0 Å². The third kappa shape index (κ3) is 1.32. The van der Waals surface area contributed by atoms with E-state index in [0.717, 1.165) is 6.42 Å². The number of rotatable bonds is 1. The van der Waals surface area contributed by atoms with Crippen LogP contribution in [0.4, 0.5) is 0 Å². The molecule has 0 nitrogen and oxygen atoms in total. The van der Waals surface area contributed by atoms with E-state index in [0.29, 0.717) is 0 Å². The minimum atomic E-state index is 0.896. The topological polar surface area (TPSA) is 0 Å². The second-order valence-corrected chi connectivity index (χ2v) is 2.18. The summed E-state index contributed by atoms with van der Waals surface area (Å²) in [6.45, 7) is 5.93. The smallest absolute Gasteiger partial charge is 0.0276 e. The van der Waals surface area contributed by atoms with Gasteiger partial charge in [-0.15, -0.1) is 0 Å². The normalized spacial score (nSPS) is 9.56. The van der Waals surface area contributed by atoms with Gasteiger partial charge in [0.2, 0.25) is 0 Å². The van der Waals surface area contributed by atoms with Gasteiger partial charge < -0.3 is 0 Å². The van der Waals surface area contributed by atoms with Gasteiger partial charge in [-0.1, -0.05) is 24.3 Å². The first kappa shape index (κ1) is 6.34. The van der Waals surface area contributed by atoms with E-state index in [9.17, 15) is 0 Å².